The lowest BCUT2D eigenvalue weighted by Gasteiger charge is -2.19. The summed E-state index contributed by atoms with van der Waals surface area (Å²) in [5.74, 6) is -0.854. The van der Waals surface area contributed by atoms with Gasteiger partial charge in [0.15, 0.2) is 0 Å². The van der Waals surface area contributed by atoms with Gasteiger partial charge in [0.05, 0.1) is 20.2 Å². The van der Waals surface area contributed by atoms with Crippen molar-refractivity contribution in [3.8, 4) is 0 Å². The number of hydrogen-bond acceptors (Lipinski definition) is 5. The molecule has 0 bridgehead atoms. The van der Waals surface area contributed by atoms with Crippen LogP contribution < -0.4 is 10.6 Å². The first-order chi connectivity index (χ1) is 8.53. The molecule has 7 nitrogen and oxygen atoms in total. The van der Waals surface area contributed by atoms with Gasteiger partial charge in [0.1, 0.15) is 0 Å². The number of amides is 3. The fourth-order valence-corrected chi connectivity index (χ4v) is 1.35. The van der Waals surface area contributed by atoms with Gasteiger partial charge in [-0.25, -0.2) is 4.79 Å². The van der Waals surface area contributed by atoms with Crippen molar-refractivity contribution in [2.45, 2.75) is 20.3 Å². The van der Waals surface area contributed by atoms with Crippen molar-refractivity contribution in [3.63, 3.8) is 0 Å². The predicted molar refractivity (Wildman–Crippen MR) is 66.0 cm³/mol. The molecule has 2 N–H and O–H groups in total. The molecule has 7 heteroatoms. The van der Waals surface area contributed by atoms with Crippen LogP contribution >= 0.6 is 0 Å². The highest BCUT2D eigenvalue weighted by Gasteiger charge is 2.15. The molecule has 0 rings (SSSR count). The Hall–Kier alpha value is -1.63. The molecule has 0 aromatic carbocycles. The summed E-state index contributed by atoms with van der Waals surface area (Å²) in [6.45, 7) is 4.74. The second kappa shape index (κ2) is 9.41. The second-order valence-electron chi connectivity index (χ2n) is 3.69. The summed E-state index contributed by atoms with van der Waals surface area (Å²) in [4.78, 5) is 35.4. The molecule has 0 aromatic rings. The third-order valence-electron chi connectivity index (χ3n) is 2.08. The van der Waals surface area contributed by atoms with E-state index in [1.807, 2.05) is 6.92 Å². The Kier molecular flexibility index (Phi) is 8.55. The minimum atomic E-state index is -0.531. The van der Waals surface area contributed by atoms with Gasteiger partial charge in [0, 0.05) is 6.54 Å². The maximum atomic E-state index is 11.5. The van der Waals surface area contributed by atoms with Gasteiger partial charge in [0.2, 0.25) is 5.91 Å². The van der Waals surface area contributed by atoms with Crippen LogP contribution in [0.5, 0.6) is 0 Å². The maximum absolute atomic E-state index is 11.5. The second-order valence-corrected chi connectivity index (χ2v) is 3.69. The van der Waals surface area contributed by atoms with Crippen LogP contribution in [0.25, 0.3) is 0 Å². The molecule has 3 amide bonds. The monoisotopic (exact) mass is 259 g/mol. The average molecular weight is 259 g/mol. The zero-order valence-corrected chi connectivity index (χ0v) is 11.1. The van der Waals surface area contributed by atoms with Gasteiger partial charge >= 0.3 is 12.0 Å². The third kappa shape index (κ3) is 7.61. The van der Waals surface area contributed by atoms with Crippen LogP contribution in [-0.4, -0.2) is 56.1 Å². The molecule has 0 fully saturated rings. The van der Waals surface area contributed by atoms with E-state index in [0.717, 1.165) is 6.42 Å². The standard InChI is InChI=1S/C11H21N3O4/c1-4-6-14(8-10(16)18-3)7-9(15)13-11(17)12-5-2/h4-8H2,1-3H3,(H2,12,13,15,17). The van der Waals surface area contributed by atoms with Crippen LogP contribution in [0.1, 0.15) is 20.3 Å². The van der Waals surface area contributed by atoms with Gasteiger partial charge in [-0.1, -0.05) is 6.92 Å². The molecule has 0 aliphatic rings. The van der Waals surface area contributed by atoms with E-state index in [-0.39, 0.29) is 13.1 Å². The molecule has 0 saturated carbocycles. The fraction of sp³-hybridized carbons (Fsp3) is 0.727. The van der Waals surface area contributed by atoms with E-state index in [1.54, 1.807) is 11.8 Å². The van der Waals surface area contributed by atoms with E-state index >= 15 is 0 Å². The lowest BCUT2D eigenvalue weighted by atomic mass is 10.4. The van der Waals surface area contributed by atoms with Crippen molar-refractivity contribution in [1.82, 2.24) is 15.5 Å². The third-order valence-corrected chi connectivity index (χ3v) is 2.08. The van der Waals surface area contributed by atoms with Gasteiger partial charge in [0.25, 0.3) is 0 Å². The smallest absolute Gasteiger partial charge is 0.321 e. The number of rotatable bonds is 7. The number of esters is 1. The first-order valence-electron chi connectivity index (χ1n) is 5.90. The molecule has 0 saturated heterocycles. The zero-order valence-electron chi connectivity index (χ0n) is 11.1. The molecular weight excluding hydrogens is 238 g/mol. The molecule has 0 atom stereocenters. The van der Waals surface area contributed by atoms with E-state index in [1.165, 1.54) is 7.11 Å². The number of carbonyl (C=O) groups excluding carboxylic acids is 3. The summed E-state index contributed by atoms with van der Waals surface area (Å²) in [7, 11) is 1.29. The number of hydrogen-bond donors (Lipinski definition) is 2. The topological polar surface area (TPSA) is 87.7 Å². The molecule has 0 heterocycles. The maximum Gasteiger partial charge on any atom is 0.321 e. The minimum absolute atomic E-state index is 0.0138. The first-order valence-corrected chi connectivity index (χ1v) is 5.90. The lowest BCUT2D eigenvalue weighted by Crippen LogP contribution is -2.45. The Bertz CT molecular complexity index is 294. The highest BCUT2D eigenvalue weighted by atomic mass is 16.5. The van der Waals surface area contributed by atoms with E-state index < -0.39 is 17.9 Å². The molecule has 0 aliphatic carbocycles. The van der Waals surface area contributed by atoms with E-state index in [4.69, 9.17) is 0 Å². The largest absolute Gasteiger partial charge is 0.468 e. The molecule has 0 spiro atoms. The number of nitrogens with zero attached hydrogens (tertiary/aromatic N) is 1. The van der Waals surface area contributed by atoms with Crippen LogP contribution in [0, 0.1) is 0 Å². The molecule has 0 aromatic heterocycles. The van der Waals surface area contributed by atoms with Crippen molar-refractivity contribution >= 4 is 17.9 Å². The van der Waals surface area contributed by atoms with Crippen LogP contribution in [0.2, 0.25) is 0 Å². The molecular formula is C11H21N3O4. The van der Waals surface area contributed by atoms with Gasteiger partial charge in [-0.3, -0.25) is 19.8 Å². The van der Waals surface area contributed by atoms with Gasteiger partial charge in [-0.2, -0.15) is 0 Å². The Morgan fingerprint density at radius 3 is 2.33 bits per heavy atom. The summed E-state index contributed by atoms with van der Waals surface area (Å²) in [6.07, 6.45) is 0.797. The Labute approximate surface area is 107 Å². The number of methoxy groups -OCH3 is 1. The van der Waals surface area contributed by atoms with Gasteiger partial charge in [-0.05, 0) is 19.9 Å². The number of carbonyl (C=O) groups is 3. The van der Waals surface area contributed by atoms with Crippen LogP contribution in [0.3, 0.4) is 0 Å². The molecule has 18 heavy (non-hydrogen) atoms. The van der Waals surface area contributed by atoms with Gasteiger partial charge < -0.3 is 10.1 Å². The Balaban J connectivity index is 4.18. The summed E-state index contributed by atoms with van der Waals surface area (Å²) < 4.78 is 4.54. The highest BCUT2D eigenvalue weighted by molar-refractivity contribution is 5.95. The summed E-state index contributed by atoms with van der Waals surface area (Å²) in [5, 5.41) is 4.63. The lowest BCUT2D eigenvalue weighted by molar-refractivity contribution is -0.142. The Morgan fingerprint density at radius 2 is 1.83 bits per heavy atom. The number of ether oxygens (including phenoxy) is 1. The van der Waals surface area contributed by atoms with Gasteiger partial charge in [-0.15, -0.1) is 0 Å². The number of imide groups is 1. The van der Waals surface area contributed by atoms with Crippen LogP contribution in [0.4, 0.5) is 4.79 Å². The molecule has 0 aliphatic heterocycles. The minimum Gasteiger partial charge on any atom is -0.468 e. The zero-order chi connectivity index (χ0) is 14.0. The quantitative estimate of drug-likeness (QED) is 0.614. The molecule has 104 valence electrons. The van der Waals surface area contributed by atoms with Crippen LogP contribution in [-0.2, 0) is 14.3 Å². The van der Waals surface area contributed by atoms with Crippen molar-refractivity contribution in [2.24, 2.45) is 0 Å². The SMILES string of the molecule is CCCN(CC(=O)NC(=O)NCC)CC(=O)OC. The molecule has 0 radical (unpaired) electrons. The Morgan fingerprint density at radius 1 is 1.17 bits per heavy atom. The highest BCUT2D eigenvalue weighted by Crippen LogP contribution is 1.92. The predicted octanol–water partition coefficient (Wildman–Crippen LogP) is -0.283. The average Bonchev–Trinajstić information content (AvgIpc) is 2.28. The van der Waals surface area contributed by atoms with Crippen molar-refractivity contribution < 1.29 is 19.1 Å². The normalized spacial score (nSPS) is 10.0. The van der Waals surface area contributed by atoms with Crippen molar-refractivity contribution in [3.05, 3.63) is 0 Å². The summed E-state index contributed by atoms with van der Waals surface area (Å²) in [5.41, 5.74) is 0. The fourth-order valence-electron chi connectivity index (χ4n) is 1.35. The van der Waals surface area contributed by atoms with Crippen molar-refractivity contribution in [1.29, 1.82) is 0 Å². The summed E-state index contributed by atoms with van der Waals surface area (Å²) >= 11 is 0. The molecule has 0 unspecified atom stereocenters. The van der Waals surface area contributed by atoms with E-state index in [2.05, 4.69) is 15.4 Å². The number of nitrogens with one attached hydrogen (secondary N) is 2. The van der Waals surface area contributed by atoms with E-state index in [0.29, 0.717) is 13.1 Å². The summed E-state index contributed by atoms with van der Waals surface area (Å²) in [6, 6.07) is -0.531. The van der Waals surface area contributed by atoms with E-state index in [9.17, 15) is 14.4 Å². The van der Waals surface area contributed by atoms with Crippen LogP contribution in [0.15, 0.2) is 0 Å². The first kappa shape index (κ1) is 16.4. The number of urea groups is 1. The van der Waals surface area contributed by atoms with Crippen molar-refractivity contribution in [2.75, 3.05) is 33.3 Å².